The molecule has 4 nitrogen and oxygen atoms in total. The number of ether oxygens (including phenoxy) is 2. The number of nitrogen functional groups attached to an aromatic ring is 1. The predicted molar refractivity (Wildman–Crippen MR) is 62.1 cm³/mol. The van der Waals surface area contributed by atoms with Crippen molar-refractivity contribution in [2.24, 2.45) is 5.41 Å². The molecule has 5 heteroatoms. The Morgan fingerprint density at radius 2 is 2.12 bits per heavy atom. The van der Waals surface area contributed by atoms with Gasteiger partial charge in [-0.15, -0.1) is 0 Å². The number of hydrogen-bond acceptors (Lipinski definition) is 4. The van der Waals surface area contributed by atoms with Gasteiger partial charge in [0.15, 0.2) is 0 Å². The molecule has 0 aromatic heterocycles. The molecule has 1 rings (SSSR count). The molecule has 0 unspecified atom stereocenters. The first-order chi connectivity index (χ1) is 7.86. The molecule has 0 amide bonds. The van der Waals surface area contributed by atoms with Crippen molar-refractivity contribution in [1.82, 2.24) is 0 Å². The van der Waals surface area contributed by atoms with E-state index in [1.165, 1.54) is 19.2 Å². The molecule has 2 N–H and O–H groups in total. The second-order valence-corrected chi connectivity index (χ2v) is 4.35. The standard InChI is InChI=1S/C12H16FNO3/c1-12(2,11(15)16-3)7-17-8-4-5-10(14)9(13)6-8/h4-6H,7,14H2,1-3H3. The van der Waals surface area contributed by atoms with Crippen molar-refractivity contribution in [2.45, 2.75) is 13.8 Å². The maximum atomic E-state index is 13.1. The molecule has 0 aliphatic carbocycles. The Morgan fingerprint density at radius 1 is 1.47 bits per heavy atom. The minimum absolute atomic E-state index is 0.0598. The third kappa shape index (κ3) is 3.34. The molecule has 17 heavy (non-hydrogen) atoms. The summed E-state index contributed by atoms with van der Waals surface area (Å²) in [5.41, 5.74) is 4.61. The summed E-state index contributed by atoms with van der Waals surface area (Å²) in [6, 6.07) is 4.14. The van der Waals surface area contributed by atoms with Gasteiger partial charge in [0.25, 0.3) is 0 Å². The van der Waals surface area contributed by atoms with E-state index in [2.05, 4.69) is 4.74 Å². The fraction of sp³-hybridized carbons (Fsp3) is 0.417. The monoisotopic (exact) mass is 241 g/mol. The summed E-state index contributed by atoms with van der Waals surface area (Å²) in [7, 11) is 1.31. The molecular formula is C12H16FNO3. The highest BCUT2D eigenvalue weighted by Gasteiger charge is 2.29. The van der Waals surface area contributed by atoms with Crippen LogP contribution in [0.1, 0.15) is 13.8 Å². The van der Waals surface area contributed by atoms with Crippen molar-refractivity contribution in [3.63, 3.8) is 0 Å². The van der Waals surface area contributed by atoms with E-state index in [4.69, 9.17) is 10.5 Å². The molecule has 0 aliphatic heterocycles. The number of carbonyl (C=O) groups excluding carboxylic acids is 1. The number of nitrogens with two attached hydrogens (primary N) is 1. The molecular weight excluding hydrogens is 225 g/mol. The predicted octanol–water partition coefficient (Wildman–Crippen LogP) is 1.99. The van der Waals surface area contributed by atoms with Crippen LogP contribution in [0, 0.1) is 11.2 Å². The molecule has 0 saturated heterocycles. The fourth-order valence-corrected chi connectivity index (χ4v) is 1.20. The number of esters is 1. The average molecular weight is 241 g/mol. The quantitative estimate of drug-likeness (QED) is 0.646. The highest BCUT2D eigenvalue weighted by Crippen LogP contribution is 2.22. The smallest absolute Gasteiger partial charge is 0.314 e. The van der Waals surface area contributed by atoms with Gasteiger partial charge in [0.1, 0.15) is 18.2 Å². The van der Waals surface area contributed by atoms with E-state index in [9.17, 15) is 9.18 Å². The highest BCUT2D eigenvalue weighted by molar-refractivity contribution is 5.75. The van der Waals surface area contributed by atoms with Gasteiger partial charge >= 0.3 is 5.97 Å². The van der Waals surface area contributed by atoms with Crippen LogP contribution in [0.25, 0.3) is 0 Å². The number of anilines is 1. The van der Waals surface area contributed by atoms with Gasteiger partial charge in [0.2, 0.25) is 0 Å². The summed E-state index contributed by atoms with van der Waals surface area (Å²) in [4.78, 5) is 11.4. The van der Waals surface area contributed by atoms with E-state index >= 15 is 0 Å². The Balaban J connectivity index is 2.67. The van der Waals surface area contributed by atoms with Crippen molar-refractivity contribution in [1.29, 1.82) is 0 Å². The summed E-state index contributed by atoms with van der Waals surface area (Å²) in [6.07, 6.45) is 0. The first-order valence-electron chi connectivity index (χ1n) is 5.13. The van der Waals surface area contributed by atoms with Crippen LogP contribution >= 0.6 is 0 Å². The number of hydrogen-bond donors (Lipinski definition) is 1. The maximum absolute atomic E-state index is 13.1. The lowest BCUT2D eigenvalue weighted by molar-refractivity contribution is -0.152. The van der Waals surface area contributed by atoms with Crippen molar-refractivity contribution in [3.05, 3.63) is 24.0 Å². The van der Waals surface area contributed by atoms with Gasteiger partial charge in [-0.05, 0) is 26.0 Å². The molecule has 1 aromatic rings. The topological polar surface area (TPSA) is 61.5 Å². The zero-order valence-corrected chi connectivity index (χ0v) is 10.1. The number of carbonyl (C=O) groups is 1. The zero-order valence-electron chi connectivity index (χ0n) is 10.1. The van der Waals surface area contributed by atoms with Gasteiger partial charge < -0.3 is 15.2 Å². The third-order valence-electron chi connectivity index (χ3n) is 2.31. The third-order valence-corrected chi connectivity index (χ3v) is 2.31. The van der Waals surface area contributed by atoms with Gasteiger partial charge in [-0.1, -0.05) is 0 Å². The zero-order chi connectivity index (χ0) is 13.1. The summed E-state index contributed by atoms with van der Waals surface area (Å²) in [5.74, 6) is -0.597. The van der Waals surface area contributed by atoms with E-state index in [1.54, 1.807) is 19.9 Å². The summed E-state index contributed by atoms with van der Waals surface area (Å²) in [5, 5.41) is 0. The van der Waals surface area contributed by atoms with Crippen molar-refractivity contribution in [3.8, 4) is 5.75 Å². The summed E-state index contributed by atoms with van der Waals surface area (Å²) >= 11 is 0. The molecule has 0 atom stereocenters. The van der Waals surface area contributed by atoms with Crippen LogP contribution in [-0.4, -0.2) is 19.7 Å². The van der Waals surface area contributed by atoms with Crippen LogP contribution in [0.5, 0.6) is 5.75 Å². The van der Waals surface area contributed by atoms with Gasteiger partial charge in [0.05, 0.1) is 18.2 Å². The summed E-state index contributed by atoms with van der Waals surface area (Å²) in [6.45, 7) is 3.47. The van der Waals surface area contributed by atoms with Gasteiger partial charge in [-0.25, -0.2) is 4.39 Å². The van der Waals surface area contributed by atoms with Crippen LogP contribution in [-0.2, 0) is 9.53 Å². The average Bonchev–Trinajstić information content (AvgIpc) is 2.29. The van der Waals surface area contributed by atoms with E-state index in [-0.39, 0.29) is 18.3 Å². The number of halogens is 1. The lowest BCUT2D eigenvalue weighted by atomic mass is 9.95. The van der Waals surface area contributed by atoms with Crippen LogP contribution < -0.4 is 10.5 Å². The van der Waals surface area contributed by atoms with Crippen LogP contribution in [0.3, 0.4) is 0 Å². The first kappa shape index (κ1) is 13.3. The Labute approximate surface area is 99.5 Å². The molecule has 0 radical (unpaired) electrons. The largest absolute Gasteiger partial charge is 0.492 e. The minimum Gasteiger partial charge on any atom is -0.492 e. The maximum Gasteiger partial charge on any atom is 0.314 e. The number of benzene rings is 1. The molecule has 0 saturated carbocycles. The molecule has 0 aliphatic rings. The van der Waals surface area contributed by atoms with E-state index in [1.807, 2.05) is 0 Å². The highest BCUT2D eigenvalue weighted by atomic mass is 19.1. The molecule has 0 bridgehead atoms. The van der Waals surface area contributed by atoms with Gasteiger partial charge in [-0.3, -0.25) is 4.79 Å². The Hall–Kier alpha value is -1.78. The minimum atomic E-state index is -0.785. The van der Waals surface area contributed by atoms with Crippen molar-refractivity contribution in [2.75, 3.05) is 19.5 Å². The van der Waals surface area contributed by atoms with Crippen LogP contribution in [0.15, 0.2) is 18.2 Å². The van der Waals surface area contributed by atoms with E-state index in [0.29, 0.717) is 5.75 Å². The van der Waals surface area contributed by atoms with Gasteiger partial charge in [-0.2, -0.15) is 0 Å². The Kier molecular flexibility index (Phi) is 3.93. The molecule has 0 heterocycles. The normalized spacial score (nSPS) is 11.1. The second kappa shape index (κ2) is 5.03. The van der Waals surface area contributed by atoms with Gasteiger partial charge in [0, 0.05) is 6.07 Å². The Bertz CT molecular complexity index is 418. The SMILES string of the molecule is COC(=O)C(C)(C)COc1ccc(N)c(F)c1. The first-order valence-corrected chi connectivity index (χ1v) is 5.13. The number of rotatable bonds is 4. The number of methoxy groups -OCH3 is 1. The lowest BCUT2D eigenvalue weighted by Crippen LogP contribution is -2.32. The van der Waals surface area contributed by atoms with Crippen molar-refractivity contribution < 1.29 is 18.7 Å². The molecule has 0 spiro atoms. The van der Waals surface area contributed by atoms with Crippen molar-refractivity contribution >= 4 is 11.7 Å². The fourth-order valence-electron chi connectivity index (χ4n) is 1.20. The lowest BCUT2D eigenvalue weighted by Gasteiger charge is -2.21. The Morgan fingerprint density at radius 3 is 2.65 bits per heavy atom. The second-order valence-electron chi connectivity index (χ2n) is 4.35. The van der Waals surface area contributed by atoms with E-state index < -0.39 is 11.2 Å². The van der Waals surface area contributed by atoms with Crippen LogP contribution in [0.2, 0.25) is 0 Å². The summed E-state index contributed by atoms with van der Waals surface area (Å²) < 4.78 is 23.1. The molecule has 1 aromatic carbocycles. The van der Waals surface area contributed by atoms with E-state index in [0.717, 1.165) is 0 Å². The molecule has 0 fully saturated rings. The van der Waals surface area contributed by atoms with Crippen LogP contribution in [0.4, 0.5) is 10.1 Å². The molecule has 94 valence electrons.